The molecule has 0 aromatic carbocycles. The monoisotopic (exact) mass is 527 g/mol. The van der Waals surface area contributed by atoms with Gasteiger partial charge in [0.05, 0.1) is 11.8 Å². The molecule has 0 bridgehead atoms. The van der Waals surface area contributed by atoms with Crippen LogP contribution in [0.4, 0.5) is 4.79 Å². The molecule has 0 radical (unpaired) electrons. The van der Waals surface area contributed by atoms with Crippen molar-refractivity contribution in [3.63, 3.8) is 0 Å². The van der Waals surface area contributed by atoms with Crippen LogP contribution in [0.3, 0.4) is 0 Å². The van der Waals surface area contributed by atoms with Gasteiger partial charge in [0.1, 0.15) is 11.7 Å². The van der Waals surface area contributed by atoms with Crippen molar-refractivity contribution >= 4 is 28.0 Å². The highest BCUT2D eigenvalue weighted by atomic mass is 32.2. The molecule has 3 fully saturated rings. The first-order valence-electron chi connectivity index (χ1n) is 12.0. The molecular weight excluding hydrogens is 494 g/mol. The van der Waals surface area contributed by atoms with Crippen LogP contribution in [-0.2, 0) is 29.3 Å². The van der Waals surface area contributed by atoms with Gasteiger partial charge in [0, 0.05) is 13.1 Å². The predicted molar refractivity (Wildman–Crippen MR) is 127 cm³/mol. The molecule has 2 N–H and O–H groups in total. The molecule has 4 amide bonds. The zero-order valence-electron chi connectivity index (χ0n) is 20.5. The van der Waals surface area contributed by atoms with Gasteiger partial charge in [-0.1, -0.05) is 20.3 Å². The van der Waals surface area contributed by atoms with Gasteiger partial charge in [-0.15, -0.1) is 0 Å². The molecule has 3 unspecified atom stereocenters. The third kappa shape index (κ3) is 6.08. The van der Waals surface area contributed by atoms with E-state index in [4.69, 9.17) is 14.5 Å². The van der Waals surface area contributed by atoms with E-state index in [9.17, 15) is 22.8 Å². The molecule has 12 nitrogen and oxygen atoms in total. The zero-order valence-corrected chi connectivity index (χ0v) is 21.3. The number of nitrogens with zero attached hydrogens (tertiary/aromatic N) is 3. The molecule has 200 valence electrons. The number of rotatable bonds is 10. The number of fused-ring (bicyclic) bond motifs is 1. The average molecular weight is 528 g/mol. The highest BCUT2D eigenvalue weighted by Crippen LogP contribution is 2.38. The van der Waals surface area contributed by atoms with Crippen molar-refractivity contribution in [2.75, 3.05) is 18.8 Å². The predicted octanol–water partition coefficient (Wildman–Crippen LogP) is 2.47. The first-order valence-corrected chi connectivity index (χ1v) is 13.6. The van der Waals surface area contributed by atoms with Gasteiger partial charge >= 0.3 is 6.03 Å². The van der Waals surface area contributed by atoms with Crippen LogP contribution in [0.5, 0.6) is 0 Å². The van der Waals surface area contributed by atoms with Crippen LogP contribution in [0.25, 0.3) is 0 Å². The van der Waals surface area contributed by atoms with E-state index in [1.54, 1.807) is 0 Å². The van der Waals surface area contributed by atoms with Gasteiger partial charge < -0.3 is 14.5 Å². The summed E-state index contributed by atoms with van der Waals surface area (Å²) in [6.07, 6.45) is 6.53. The van der Waals surface area contributed by atoms with Gasteiger partial charge in [-0.05, 0) is 56.8 Å². The second-order valence-corrected chi connectivity index (χ2v) is 10.9. The van der Waals surface area contributed by atoms with Crippen molar-refractivity contribution in [1.82, 2.24) is 14.7 Å². The van der Waals surface area contributed by atoms with E-state index in [2.05, 4.69) is 18.4 Å². The number of imide groups is 2. The standard InChI is InChI=1S/C23H33N3O9S/c1-4-5-11-25-21(27)17(22(28)26(23(25)29)16(3)35-30)8-10-20-24(12-6-13-36(31,32)33)18-14-15(2)7-9-19(18)34-20/h8,10,15,18-19,30H,3-7,9,11-14H2,1-2H3,(H,31,32,33). The van der Waals surface area contributed by atoms with Crippen LogP contribution in [0.2, 0.25) is 0 Å². The Morgan fingerprint density at radius 1 is 1.17 bits per heavy atom. The maximum atomic E-state index is 13.0. The molecule has 0 spiro atoms. The minimum Gasteiger partial charge on any atom is -0.474 e. The highest BCUT2D eigenvalue weighted by molar-refractivity contribution is 7.85. The fraction of sp³-hybridized carbons (Fsp3) is 0.609. The fourth-order valence-electron chi connectivity index (χ4n) is 4.73. The van der Waals surface area contributed by atoms with Gasteiger partial charge in [0.2, 0.25) is 5.88 Å². The summed E-state index contributed by atoms with van der Waals surface area (Å²) in [5, 5.41) is 8.99. The summed E-state index contributed by atoms with van der Waals surface area (Å²) in [4.78, 5) is 46.1. The summed E-state index contributed by atoms with van der Waals surface area (Å²) in [6, 6.07) is -0.981. The van der Waals surface area contributed by atoms with Crippen LogP contribution in [0.1, 0.15) is 52.4 Å². The van der Waals surface area contributed by atoms with Crippen LogP contribution >= 0.6 is 0 Å². The molecular formula is C23H33N3O9S. The minimum absolute atomic E-state index is 0.0146. The summed E-state index contributed by atoms with van der Waals surface area (Å²) >= 11 is 0. The fourth-order valence-corrected chi connectivity index (χ4v) is 5.22. The molecule has 0 aromatic rings. The molecule has 0 aromatic heterocycles. The molecule has 13 heteroatoms. The number of hydrogen-bond donors (Lipinski definition) is 2. The number of ether oxygens (including phenoxy) is 1. The van der Waals surface area contributed by atoms with Crippen LogP contribution in [-0.4, -0.2) is 81.8 Å². The minimum atomic E-state index is -4.13. The summed E-state index contributed by atoms with van der Waals surface area (Å²) in [7, 11) is -4.13. The Labute approximate surface area is 210 Å². The lowest BCUT2D eigenvalue weighted by Crippen LogP contribution is -2.56. The van der Waals surface area contributed by atoms with E-state index < -0.39 is 39.6 Å². The summed E-state index contributed by atoms with van der Waals surface area (Å²) in [6.45, 7) is 7.71. The van der Waals surface area contributed by atoms with Crippen LogP contribution < -0.4 is 0 Å². The molecule has 1 saturated carbocycles. The smallest absolute Gasteiger partial charge is 0.341 e. The van der Waals surface area contributed by atoms with Gasteiger partial charge in [-0.25, -0.2) is 10.1 Å². The van der Waals surface area contributed by atoms with Crippen molar-refractivity contribution in [3.05, 3.63) is 36.1 Å². The molecule has 3 atom stereocenters. The number of carbonyl (C=O) groups excluding carboxylic acids is 3. The van der Waals surface area contributed by atoms with Crippen molar-refractivity contribution in [2.24, 2.45) is 5.92 Å². The van der Waals surface area contributed by atoms with E-state index in [-0.39, 0.29) is 37.2 Å². The lowest BCUT2D eigenvalue weighted by atomic mass is 9.85. The van der Waals surface area contributed by atoms with Gasteiger partial charge in [-0.2, -0.15) is 13.3 Å². The Morgan fingerprint density at radius 2 is 1.89 bits per heavy atom. The molecule has 36 heavy (non-hydrogen) atoms. The number of hydrogen-bond acceptors (Lipinski definition) is 9. The normalized spacial score (nSPS) is 27.1. The SMILES string of the molecule is C=C(OO)N1C(=O)C(=CC=C2OC3CCC(C)CC3N2CCCS(=O)(=O)O)C(=O)N(CCCC)C1=O. The van der Waals surface area contributed by atoms with Crippen molar-refractivity contribution in [3.8, 4) is 0 Å². The van der Waals surface area contributed by atoms with E-state index in [1.807, 2.05) is 11.8 Å². The third-order valence-electron chi connectivity index (χ3n) is 6.59. The Balaban J connectivity index is 1.93. The molecule has 2 aliphatic heterocycles. The van der Waals surface area contributed by atoms with E-state index in [0.717, 1.165) is 24.2 Å². The maximum Gasteiger partial charge on any atom is 0.341 e. The van der Waals surface area contributed by atoms with Crippen molar-refractivity contribution in [2.45, 2.75) is 64.5 Å². The Bertz CT molecular complexity index is 1070. The Hall–Kier alpha value is -2.90. The van der Waals surface area contributed by atoms with Crippen LogP contribution in [0.15, 0.2) is 36.1 Å². The van der Waals surface area contributed by atoms with E-state index >= 15 is 0 Å². The highest BCUT2D eigenvalue weighted by Gasteiger charge is 2.45. The molecule has 3 aliphatic rings. The second kappa shape index (κ2) is 11.4. The number of amides is 4. The Morgan fingerprint density at radius 3 is 2.53 bits per heavy atom. The summed E-state index contributed by atoms with van der Waals surface area (Å²) < 4.78 is 37.6. The molecule has 3 rings (SSSR count). The van der Waals surface area contributed by atoms with Gasteiger partial charge in [0.25, 0.3) is 21.9 Å². The Kier molecular flexibility index (Phi) is 8.80. The number of carbonyl (C=O) groups is 3. The quantitative estimate of drug-likeness (QED) is 0.108. The molecule has 2 heterocycles. The first-order chi connectivity index (χ1) is 17.0. The van der Waals surface area contributed by atoms with E-state index in [0.29, 0.717) is 29.5 Å². The lowest BCUT2D eigenvalue weighted by molar-refractivity contribution is -0.220. The number of allylic oxidation sites excluding steroid dienone is 2. The summed E-state index contributed by atoms with van der Waals surface area (Å²) in [5.74, 6) is -2.04. The number of barbiturate groups is 1. The van der Waals surface area contributed by atoms with Crippen LogP contribution in [0, 0.1) is 5.92 Å². The molecule has 1 aliphatic carbocycles. The molecule has 2 saturated heterocycles. The topological polar surface area (TPSA) is 154 Å². The van der Waals surface area contributed by atoms with Crippen molar-refractivity contribution < 1.29 is 42.2 Å². The van der Waals surface area contributed by atoms with E-state index in [1.165, 1.54) is 12.2 Å². The first kappa shape index (κ1) is 27.7. The maximum absolute atomic E-state index is 13.0. The third-order valence-corrected chi connectivity index (χ3v) is 7.39. The second-order valence-electron chi connectivity index (χ2n) is 9.28. The number of urea groups is 1. The van der Waals surface area contributed by atoms with Gasteiger partial charge in [0.15, 0.2) is 5.88 Å². The largest absolute Gasteiger partial charge is 0.474 e. The average Bonchev–Trinajstić information content (AvgIpc) is 3.14. The lowest BCUT2D eigenvalue weighted by Gasteiger charge is -2.33. The summed E-state index contributed by atoms with van der Waals surface area (Å²) in [5.41, 5.74) is -0.346. The number of unbranched alkanes of at least 4 members (excludes halogenated alkanes) is 1. The zero-order chi connectivity index (χ0) is 26.6. The van der Waals surface area contributed by atoms with Gasteiger partial charge in [-0.3, -0.25) is 19.0 Å². The van der Waals surface area contributed by atoms with Crippen molar-refractivity contribution in [1.29, 1.82) is 0 Å².